The first-order valence-electron chi connectivity index (χ1n) is 7.80. The van der Waals surface area contributed by atoms with Crippen LogP contribution >= 0.6 is 28.3 Å². The number of hydrogen-bond donors (Lipinski definition) is 3. The number of rotatable bonds is 7. The molecule has 0 unspecified atom stereocenters. The third-order valence-electron chi connectivity index (χ3n) is 3.61. The van der Waals surface area contributed by atoms with Crippen molar-refractivity contribution in [1.29, 1.82) is 5.41 Å². The maximum absolute atomic E-state index is 14.2. The lowest BCUT2D eigenvalue weighted by Crippen LogP contribution is -2.31. The molecule has 1 atom stereocenters. The lowest BCUT2D eigenvalue weighted by Gasteiger charge is -2.19. The van der Waals surface area contributed by atoms with Crippen LogP contribution < -0.4 is 11.1 Å². The highest BCUT2D eigenvalue weighted by atomic mass is 79.9. The number of ether oxygens (including phenoxy) is 1. The summed E-state index contributed by atoms with van der Waals surface area (Å²) in [5, 5.41) is 9.95. The maximum atomic E-state index is 14.2. The molecule has 2 rings (SSSR count). The van der Waals surface area contributed by atoms with Crippen LogP contribution in [0.3, 0.4) is 0 Å². The lowest BCUT2D eigenvalue weighted by molar-refractivity contribution is -0.133. The zero-order chi connectivity index (χ0) is 19.3. The largest absolute Gasteiger partial charge is 0.384 e. The molecular weight excluding hydrogens is 444 g/mol. The van der Waals surface area contributed by atoms with E-state index in [2.05, 4.69) is 21.2 Å². The molecule has 4 N–H and O–H groups in total. The van der Waals surface area contributed by atoms with Gasteiger partial charge in [0.15, 0.2) is 6.10 Å². The van der Waals surface area contributed by atoms with Crippen LogP contribution in [0, 0.1) is 17.0 Å². The fraction of sp³-hybridized carbons (Fsp3) is 0.222. The van der Waals surface area contributed by atoms with Crippen molar-refractivity contribution in [2.75, 3.05) is 6.61 Å². The summed E-state index contributed by atoms with van der Waals surface area (Å²) >= 11 is 3.00. The Morgan fingerprint density at radius 3 is 2.30 bits per heavy atom. The molecule has 0 heterocycles. The number of carbonyl (C=O) groups is 1. The lowest BCUT2D eigenvalue weighted by atomic mass is 10.1. The average molecular weight is 463 g/mol. The average Bonchev–Trinajstić information content (AvgIpc) is 2.58. The normalized spacial score (nSPS) is 11.4. The highest BCUT2D eigenvalue weighted by Crippen LogP contribution is 2.27. The number of benzene rings is 2. The molecule has 5 nitrogen and oxygen atoms in total. The predicted octanol–water partition coefficient (Wildman–Crippen LogP) is 3.83. The van der Waals surface area contributed by atoms with Gasteiger partial charge in [-0.1, -0.05) is 40.2 Å². The monoisotopic (exact) mass is 461 g/mol. The third kappa shape index (κ3) is 5.98. The molecule has 146 valence electrons. The minimum Gasteiger partial charge on any atom is -0.384 e. The van der Waals surface area contributed by atoms with Crippen LogP contribution in [0.2, 0.25) is 0 Å². The number of nitrogen functional groups attached to an aromatic ring is 1. The van der Waals surface area contributed by atoms with Crippen LogP contribution in [-0.4, -0.2) is 18.3 Å². The molecule has 2 aromatic carbocycles. The molecule has 0 aromatic heterocycles. The predicted molar refractivity (Wildman–Crippen MR) is 105 cm³/mol. The van der Waals surface area contributed by atoms with Gasteiger partial charge >= 0.3 is 0 Å². The van der Waals surface area contributed by atoms with Gasteiger partial charge in [0.1, 0.15) is 17.5 Å². The Bertz CT molecular complexity index is 796. The van der Waals surface area contributed by atoms with Gasteiger partial charge in [0.2, 0.25) is 0 Å². The number of halogens is 4. The van der Waals surface area contributed by atoms with E-state index < -0.39 is 29.2 Å². The molecule has 2 aromatic rings. The van der Waals surface area contributed by atoms with E-state index in [0.717, 1.165) is 17.7 Å². The highest BCUT2D eigenvalue weighted by molar-refractivity contribution is 9.10. The topological polar surface area (TPSA) is 88.2 Å². The zero-order valence-corrected chi connectivity index (χ0v) is 16.8. The van der Waals surface area contributed by atoms with Crippen LogP contribution in [0.1, 0.15) is 29.7 Å². The van der Waals surface area contributed by atoms with E-state index in [1.54, 1.807) is 31.2 Å². The van der Waals surface area contributed by atoms with Crippen LogP contribution in [0.15, 0.2) is 40.9 Å². The molecule has 1 amide bonds. The maximum Gasteiger partial charge on any atom is 0.254 e. The summed E-state index contributed by atoms with van der Waals surface area (Å²) in [6.45, 7) is 1.89. The van der Waals surface area contributed by atoms with Gasteiger partial charge in [0.25, 0.3) is 5.91 Å². The van der Waals surface area contributed by atoms with Gasteiger partial charge in [-0.3, -0.25) is 10.2 Å². The van der Waals surface area contributed by atoms with Gasteiger partial charge in [0, 0.05) is 23.2 Å². The van der Waals surface area contributed by atoms with Crippen molar-refractivity contribution in [2.24, 2.45) is 5.73 Å². The van der Waals surface area contributed by atoms with E-state index in [0.29, 0.717) is 5.56 Å². The number of nitrogens with one attached hydrogen (secondary N) is 2. The Labute approximate surface area is 170 Å². The molecule has 0 aliphatic rings. The first-order valence-corrected chi connectivity index (χ1v) is 8.59. The van der Waals surface area contributed by atoms with Crippen LogP contribution in [0.4, 0.5) is 8.78 Å². The Morgan fingerprint density at radius 2 is 1.81 bits per heavy atom. The van der Waals surface area contributed by atoms with Crippen molar-refractivity contribution in [3.8, 4) is 0 Å². The van der Waals surface area contributed by atoms with E-state index in [9.17, 15) is 13.6 Å². The van der Waals surface area contributed by atoms with E-state index in [4.69, 9.17) is 15.9 Å². The van der Waals surface area contributed by atoms with Crippen molar-refractivity contribution in [3.63, 3.8) is 0 Å². The van der Waals surface area contributed by atoms with Crippen LogP contribution in [0.25, 0.3) is 0 Å². The zero-order valence-electron chi connectivity index (χ0n) is 14.4. The SMILES string of the molecule is CCO[C@H](C(=O)NCc1ccc(C(=N)N)cc1)c1c(F)cc(Br)cc1F.Cl. The fourth-order valence-electron chi connectivity index (χ4n) is 2.34. The summed E-state index contributed by atoms with van der Waals surface area (Å²) in [6, 6.07) is 8.87. The number of amides is 1. The van der Waals surface area contributed by atoms with Gasteiger partial charge in [-0.2, -0.15) is 0 Å². The van der Waals surface area contributed by atoms with E-state index >= 15 is 0 Å². The first-order chi connectivity index (χ1) is 12.3. The number of nitrogens with two attached hydrogens (primary N) is 1. The molecule has 27 heavy (non-hydrogen) atoms. The molecule has 0 spiro atoms. The van der Waals surface area contributed by atoms with E-state index in [1.807, 2.05) is 0 Å². The minimum atomic E-state index is -1.40. The molecule has 0 aliphatic heterocycles. The molecule has 0 bridgehead atoms. The second kappa shape index (κ2) is 10.3. The smallest absolute Gasteiger partial charge is 0.254 e. The summed E-state index contributed by atoms with van der Waals surface area (Å²) in [7, 11) is 0. The van der Waals surface area contributed by atoms with Gasteiger partial charge in [-0.25, -0.2) is 8.78 Å². The van der Waals surface area contributed by atoms with Crippen molar-refractivity contribution >= 4 is 40.1 Å². The van der Waals surface area contributed by atoms with Crippen LogP contribution in [0.5, 0.6) is 0 Å². The van der Waals surface area contributed by atoms with Gasteiger partial charge in [0.05, 0.1) is 5.56 Å². The summed E-state index contributed by atoms with van der Waals surface area (Å²) < 4.78 is 33.8. The highest BCUT2D eigenvalue weighted by Gasteiger charge is 2.28. The Balaban J connectivity index is 0.00000364. The summed E-state index contributed by atoms with van der Waals surface area (Å²) in [5.74, 6) is -2.44. The molecule has 0 fully saturated rings. The molecular formula is C18H19BrClF2N3O2. The molecule has 0 radical (unpaired) electrons. The van der Waals surface area contributed by atoms with Gasteiger partial charge in [-0.05, 0) is 24.6 Å². The molecule has 0 saturated carbocycles. The Hall–Kier alpha value is -2.03. The van der Waals surface area contributed by atoms with Crippen molar-refractivity contribution < 1.29 is 18.3 Å². The number of carbonyl (C=O) groups excluding carboxylic acids is 1. The number of amidine groups is 1. The standard InChI is InChI=1S/C18H18BrF2N3O2.ClH/c1-2-26-16(15-13(20)7-12(19)8-14(15)21)18(25)24-9-10-3-5-11(6-4-10)17(22)23;/h3-8,16H,2,9H2,1H3,(H3,22,23)(H,24,25);1H/t16-;/m0./s1. The van der Waals surface area contributed by atoms with Gasteiger partial charge in [-0.15, -0.1) is 12.4 Å². The molecule has 9 heteroatoms. The van der Waals surface area contributed by atoms with Gasteiger partial charge < -0.3 is 15.8 Å². The van der Waals surface area contributed by atoms with Crippen molar-refractivity contribution in [1.82, 2.24) is 5.32 Å². The summed E-state index contributed by atoms with van der Waals surface area (Å²) in [6.07, 6.45) is -1.40. The van der Waals surface area contributed by atoms with Crippen LogP contribution in [-0.2, 0) is 16.1 Å². The third-order valence-corrected chi connectivity index (χ3v) is 4.07. The Morgan fingerprint density at radius 1 is 1.26 bits per heavy atom. The summed E-state index contributed by atoms with van der Waals surface area (Å²) in [4.78, 5) is 12.4. The van der Waals surface area contributed by atoms with Crippen molar-refractivity contribution in [2.45, 2.75) is 19.6 Å². The second-order valence-electron chi connectivity index (χ2n) is 5.45. The van der Waals surface area contributed by atoms with E-state index in [1.165, 1.54) is 0 Å². The number of hydrogen-bond acceptors (Lipinski definition) is 3. The molecule has 0 saturated heterocycles. The minimum absolute atomic E-state index is 0. The van der Waals surface area contributed by atoms with E-state index in [-0.39, 0.29) is 35.9 Å². The molecule has 0 aliphatic carbocycles. The van der Waals surface area contributed by atoms with Crippen molar-refractivity contribution in [3.05, 3.63) is 69.2 Å². The second-order valence-corrected chi connectivity index (χ2v) is 6.36. The first kappa shape index (κ1) is 23.0. The fourth-order valence-corrected chi connectivity index (χ4v) is 2.75. The quantitative estimate of drug-likeness (QED) is 0.432. The Kier molecular flexibility index (Phi) is 8.81. The summed E-state index contributed by atoms with van der Waals surface area (Å²) in [5.41, 5.74) is 6.26.